The van der Waals surface area contributed by atoms with Crippen molar-refractivity contribution in [1.29, 1.82) is 0 Å². The molecule has 0 unspecified atom stereocenters. The number of imide groups is 2. The molecule has 2 fully saturated rings. The predicted molar refractivity (Wildman–Crippen MR) is 92.8 cm³/mol. The van der Waals surface area contributed by atoms with Gasteiger partial charge in [0.25, 0.3) is 17.7 Å². The van der Waals surface area contributed by atoms with Gasteiger partial charge in [-0.15, -0.1) is 0 Å². The van der Waals surface area contributed by atoms with Crippen molar-refractivity contribution in [3.63, 3.8) is 0 Å². The Labute approximate surface area is 160 Å². The number of ether oxygens (including phenoxy) is 1. The predicted octanol–water partition coefficient (Wildman–Crippen LogP) is 0.724. The van der Waals surface area contributed by atoms with Crippen molar-refractivity contribution in [1.82, 2.24) is 15.5 Å². The van der Waals surface area contributed by atoms with Gasteiger partial charge in [0.1, 0.15) is 5.54 Å². The molecule has 1 aliphatic heterocycles. The van der Waals surface area contributed by atoms with E-state index >= 15 is 0 Å². The number of carbonyl (C=O) groups is 5. The minimum atomic E-state index is -0.842. The van der Waals surface area contributed by atoms with Gasteiger partial charge in [-0.3, -0.25) is 29.4 Å². The molecule has 0 atom stereocenters. The highest BCUT2D eigenvalue weighted by atomic mass is 16.5. The molecule has 2 N–H and O–H groups in total. The van der Waals surface area contributed by atoms with Gasteiger partial charge in [-0.25, -0.2) is 4.79 Å². The van der Waals surface area contributed by atoms with Crippen molar-refractivity contribution < 1.29 is 33.1 Å². The molecule has 1 spiro atoms. The van der Waals surface area contributed by atoms with Gasteiger partial charge < -0.3 is 14.5 Å². The smallest absolute Gasteiger partial charge is 0.325 e. The Kier molecular flexibility index (Phi) is 5.76. The Morgan fingerprint density at radius 3 is 2.64 bits per heavy atom. The van der Waals surface area contributed by atoms with Gasteiger partial charge in [0.15, 0.2) is 12.4 Å². The van der Waals surface area contributed by atoms with E-state index in [2.05, 4.69) is 5.32 Å². The topological polar surface area (TPSA) is 135 Å². The zero-order chi connectivity index (χ0) is 20.1. The minimum absolute atomic E-state index is 0.0464. The third-order valence-electron chi connectivity index (χ3n) is 4.85. The lowest BCUT2D eigenvalue weighted by atomic mass is 9.82. The molecular weight excluding hydrogens is 370 g/mol. The van der Waals surface area contributed by atoms with Crippen molar-refractivity contribution in [3.05, 3.63) is 24.2 Å². The standard InChI is InChI=1S/C18H21N3O7/c22-13(19-15(24)12-5-4-10-27-12)11-28-14(23)6-9-21-16(25)18(20-17(21)26)7-2-1-3-8-18/h4-5,10H,1-3,6-9,11H2,(H,20,26)(H,19,22,24). The van der Waals surface area contributed by atoms with Gasteiger partial charge >= 0.3 is 12.0 Å². The average molecular weight is 391 g/mol. The van der Waals surface area contributed by atoms with Gasteiger partial charge in [-0.2, -0.15) is 0 Å². The molecule has 1 saturated carbocycles. The summed E-state index contributed by atoms with van der Waals surface area (Å²) in [6.07, 6.45) is 5.01. The number of esters is 1. The Bertz CT molecular complexity index is 781. The first-order valence-electron chi connectivity index (χ1n) is 9.09. The highest BCUT2D eigenvalue weighted by Crippen LogP contribution is 2.33. The quantitative estimate of drug-likeness (QED) is 0.539. The molecule has 5 amide bonds. The molecule has 0 bridgehead atoms. The van der Waals surface area contributed by atoms with Gasteiger partial charge in [0.05, 0.1) is 12.7 Å². The molecular formula is C18H21N3O7. The Morgan fingerprint density at radius 1 is 1.21 bits per heavy atom. The number of nitrogens with one attached hydrogen (secondary N) is 2. The van der Waals surface area contributed by atoms with Gasteiger partial charge in [0, 0.05) is 6.54 Å². The van der Waals surface area contributed by atoms with Crippen LogP contribution in [0, 0.1) is 0 Å². The molecule has 2 aliphatic rings. The van der Waals surface area contributed by atoms with Crippen LogP contribution < -0.4 is 10.6 Å². The summed E-state index contributed by atoms with van der Waals surface area (Å²) >= 11 is 0. The zero-order valence-corrected chi connectivity index (χ0v) is 15.2. The van der Waals surface area contributed by atoms with Crippen LogP contribution in [-0.2, 0) is 19.1 Å². The molecule has 0 aromatic carbocycles. The molecule has 1 aromatic rings. The van der Waals surface area contributed by atoms with Gasteiger partial charge in [-0.1, -0.05) is 19.3 Å². The molecule has 1 aliphatic carbocycles. The number of carbonyl (C=O) groups excluding carboxylic acids is 5. The van der Waals surface area contributed by atoms with E-state index in [1.165, 1.54) is 18.4 Å². The lowest BCUT2D eigenvalue weighted by Crippen LogP contribution is -2.48. The number of urea groups is 1. The van der Waals surface area contributed by atoms with E-state index in [-0.39, 0.29) is 24.6 Å². The second-order valence-electron chi connectivity index (χ2n) is 6.79. The lowest BCUT2D eigenvalue weighted by Gasteiger charge is -2.30. The maximum atomic E-state index is 12.6. The summed E-state index contributed by atoms with van der Waals surface area (Å²) in [4.78, 5) is 60.8. The molecule has 150 valence electrons. The number of amides is 5. The number of hydrogen-bond acceptors (Lipinski definition) is 7. The van der Waals surface area contributed by atoms with Crippen LogP contribution in [0.4, 0.5) is 4.79 Å². The van der Waals surface area contributed by atoms with Gasteiger partial charge in [-0.05, 0) is 25.0 Å². The molecule has 0 radical (unpaired) electrons. The SMILES string of the molecule is O=C(COC(=O)CCN1C(=O)NC2(CCCCC2)C1=O)NC(=O)c1ccco1. The summed E-state index contributed by atoms with van der Waals surface area (Å²) in [5, 5.41) is 4.76. The summed E-state index contributed by atoms with van der Waals surface area (Å²) in [7, 11) is 0. The average Bonchev–Trinajstić information content (AvgIpc) is 3.28. The summed E-state index contributed by atoms with van der Waals surface area (Å²) in [5.41, 5.74) is -0.842. The summed E-state index contributed by atoms with van der Waals surface area (Å²) in [6.45, 7) is -0.784. The molecule has 10 nitrogen and oxygen atoms in total. The van der Waals surface area contributed by atoms with Crippen LogP contribution >= 0.6 is 0 Å². The molecule has 2 heterocycles. The Balaban J connectivity index is 1.41. The first-order valence-corrected chi connectivity index (χ1v) is 9.09. The van der Waals surface area contributed by atoms with E-state index in [1.807, 2.05) is 5.32 Å². The van der Waals surface area contributed by atoms with E-state index in [4.69, 9.17) is 9.15 Å². The zero-order valence-electron chi connectivity index (χ0n) is 15.2. The summed E-state index contributed by atoms with van der Waals surface area (Å²) in [6, 6.07) is 2.36. The second-order valence-corrected chi connectivity index (χ2v) is 6.79. The first-order chi connectivity index (χ1) is 13.4. The maximum absolute atomic E-state index is 12.6. The largest absolute Gasteiger partial charge is 0.459 e. The van der Waals surface area contributed by atoms with Crippen molar-refractivity contribution in [2.45, 2.75) is 44.1 Å². The van der Waals surface area contributed by atoms with E-state index in [0.29, 0.717) is 12.8 Å². The van der Waals surface area contributed by atoms with E-state index < -0.39 is 36.0 Å². The molecule has 28 heavy (non-hydrogen) atoms. The van der Waals surface area contributed by atoms with Crippen molar-refractivity contribution >= 4 is 29.7 Å². The number of rotatable bonds is 6. The first kappa shape index (κ1) is 19.6. The number of furan rings is 1. The number of hydrogen-bond donors (Lipinski definition) is 2. The fourth-order valence-electron chi connectivity index (χ4n) is 3.43. The van der Waals surface area contributed by atoms with E-state index in [0.717, 1.165) is 24.2 Å². The van der Waals surface area contributed by atoms with Crippen LogP contribution in [0.15, 0.2) is 22.8 Å². The van der Waals surface area contributed by atoms with Gasteiger partial charge in [0.2, 0.25) is 0 Å². The van der Waals surface area contributed by atoms with Crippen molar-refractivity contribution in [3.8, 4) is 0 Å². The minimum Gasteiger partial charge on any atom is -0.459 e. The number of nitrogens with zero attached hydrogens (tertiary/aromatic N) is 1. The van der Waals surface area contributed by atoms with Crippen LogP contribution in [0.1, 0.15) is 49.1 Å². The van der Waals surface area contributed by atoms with E-state index in [9.17, 15) is 24.0 Å². The molecule has 10 heteroatoms. The van der Waals surface area contributed by atoms with Crippen LogP contribution in [0.2, 0.25) is 0 Å². The third kappa shape index (κ3) is 4.21. The van der Waals surface area contributed by atoms with Crippen molar-refractivity contribution in [2.75, 3.05) is 13.2 Å². The monoisotopic (exact) mass is 391 g/mol. The Morgan fingerprint density at radius 2 is 1.96 bits per heavy atom. The highest BCUT2D eigenvalue weighted by molar-refractivity contribution is 6.07. The van der Waals surface area contributed by atoms with Crippen LogP contribution in [0.3, 0.4) is 0 Å². The lowest BCUT2D eigenvalue weighted by molar-refractivity contribution is -0.148. The molecule has 3 rings (SSSR count). The van der Waals surface area contributed by atoms with Crippen LogP contribution in [0.25, 0.3) is 0 Å². The fraction of sp³-hybridized carbons (Fsp3) is 0.500. The summed E-state index contributed by atoms with van der Waals surface area (Å²) in [5.74, 6) is -2.68. The molecule has 1 saturated heterocycles. The Hall–Kier alpha value is -3.17. The normalized spacial score (nSPS) is 18.1. The van der Waals surface area contributed by atoms with E-state index in [1.54, 1.807) is 0 Å². The third-order valence-corrected chi connectivity index (χ3v) is 4.85. The summed E-state index contributed by atoms with van der Waals surface area (Å²) < 4.78 is 9.62. The highest BCUT2D eigenvalue weighted by Gasteiger charge is 2.51. The molecule has 1 aromatic heterocycles. The van der Waals surface area contributed by atoms with Crippen molar-refractivity contribution in [2.24, 2.45) is 0 Å². The second kappa shape index (κ2) is 8.24. The van der Waals surface area contributed by atoms with Crippen LogP contribution in [0.5, 0.6) is 0 Å². The maximum Gasteiger partial charge on any atom is 0.325 e. The van der Waals surface area contributed by atoms with Crippen LogP contribution in [-0.4, -0.2) is 53.3 Å². The fourth-order valence-corrected chi connectivity index (χ4v) is 3.43.